The lowest BCUT2D eigenvalue weighted by molar-refractivity contribution is -0.132. The second kappa shape index (κ2) is 8.31. The normalized spacial score (nSPS) is 17.8. The Morgan fingerprint density at radius 3 is 2.52 bits per heavy atom. The van der Waals surface area contributed by atoms with E-state index in [1.54, 1.807) is 36.5 Å². The van der Waals surface area contributed by atoms with Gasteiger partial charge in [0.1, 0.15) is 17.3 Å². The molecule has 4 rings (SSSR count). The van der Waals surface area contributed by atoms with Crippen LogP contribution in [0.1, 0.15) is 17.2 Å². The van der Waals surface area contributed by atoms with Crippen molar-refractivity contribution < 1.29 is 23.8 Å². The third-order valence-electron chi connectivity index (χ3n) is 4.97. The van der Waals surface area contributed by atoms with Gasteiger partial charge in [-0.05, 0) is 70.0 Å². The van der Waals surface area contributed by atoms with Gasteiger partial charge in [-0.25, -0.2) is 4.39 Å². The number of carbonyl (C=O) groups excluding carboxylic acids is 2. The summed E-state index contributed by atoms with van der Waals surface area (Å²) in [5.74, 6) is -1.93. The van der Waals surface area contributed by atoms with E-state index in [4.69, 9.17) is 4.74 Å². The molecule has 156 valence electrons. The predicted molar refractivity (Wildman–Crippen MR) is 116 cm³/mol. The van der Waals surface area contributed by atoms with Crippen LogP contribution >= 0.6 is 15.9 Å². The van der Waals surface area contributed by atoms with Crippen molar-refractivity contribution in [2.75, 3.05) is 12.0 Å². The Morgan fingerprint density at radius 2 is 1.90 bits per heavy atom. The topological polar surface area (TPSA) is 79.7 Å². The molecule has 1 aliphatic heterocycles. The van der Waals surface area contributed by atoms with Crippen LogP contribution in [-0.2, 0) is 9.59 Å². The number of aromatic nitrogens is 1. The molecule has 1 amide bonds. The Labute approximate surface area is 185 Å². The van der Waals surface area contributed by atoms with Gasteiger partial charge in [0.05, 0.1) is 23.2 Å². The first kappa shape index (κ1) is 20.7. The highest BCUT2D eigenvalue weighted by molar-refractivity contribution is 9.10. The van der Waals surface area contributed by atoms with Crippen LogP contribution in [0, 0.1) is 5.82 Å². The number of nitrogens with zero attached hydrogens (tertiary/aromatic N) is 2. The first-order valence-corrected chi connectivity index (χ1v) is 10.0. The number of ether oxygens (including phenoxy) is 1. The fourth-order valence-electron chi connectivity index (χ4n) is 3.52. The zero-order valence-electron chi connectivity index (χ0n) is 16.3. The van der Waals surface area contributed by atoms with Crippen molar-refractivity contribution in [1.29, 1.82) is 0 Å². The lowest BCUT2D eigenvalue weighted by Crippen LogP contribution is -2.29. The molecule has 0 aliphatic carbocycles. The SMILES string of the molecule is COc1ccc(/C(O)=C2/C(=O)C(=O)N(c3ccc(F)cc3)C2c2cccnc2)cc1Br. The summed E-state index contributed by atoms with van der Waals surface area (Å²) in [6.07, 6.45) is 3.08. The number of benzene rings is 2. The van der Waals surface area contributed by atoms with Crippen molar-refractivity contribution in [3.8, 4) is 5.75 Å². The van der Waals surface area contributed by atoms with E-state index in [9.17, 15) is 19.1 Å². The Balaban J connectivity index is 1.92. The monoisotopic (exact) mass is 482 g/mol. The van der Waals surface area contributed by atoms with Gasteiger partial charge < -0.3 is 9.84 Å². The molecule has 3 aromatic rings. The standard InChI is InChI=1S/C23H16BrFN2O4/c1-31-18-9-4-13(11-17(18)24)21(28)19-20(14-3-2-10-26-12-14)27(23(30)22(19)29)16-7-5-15(25)6-8-16/h2-12,20,28H,1H3/b21-19-. The molecule has 1 fully saturated rings. The van der Waals surface area contributed by atoms with E-state index in [1.165, 1.54) is 42.5 Å². The van der Waals surface area contributed by atoms with Gasteiger partial charge in [-0.2, -0.15) is 0 Å². The summed E-state index contributed by atoms with van der Waals surface area (Å²) in [7, 11) is 1.51. The summed E-state index contributed by atoms with van der Waals surface area (Å²) in [5, 5.41) is 11.1. The number of Topliss-reactive ketones (excluding diaryl/α,β-unsaturated/α-hetero) is 1. The molecule has 1 saturated heterocycles. The maximum absolute atomic E-state index is 13.4. The lowest BCUT2D eigenvalue weighted by Gasteiger charge is -2.25. The Bertz CT molecular complexity index is 1200. The zero-order valence-corrected chi connectivity index (χ0v) is 17.8. The lowest BCUT2D eigenvalue weighted by atomic mass is 9.96. The van der Waals surface area contributed by atoms with Crippen molar-refractivity contribution >= 4 is 39.1 Å². The number of carbonyl (C=O) groups is 2. The molecule has 1 unspecified atom stereocenters. The molecule has 0 bridgehead atoms. The molecule has 8 heteroatoms. The fourth-order valence-corrected chi connectivity index (χ4v) is 4.06. The van der Waals surface area contributed by atoms with Crippen LogP contribution in [0.3, 0.4) is 0 Å². The minimum atomic E-state index is -0.931. The van der Waals surface area contributed by atoms with Gasteiger partial charge in [0.2, 0.25) is 0 Å². The molecule has 0 spiro atoms. The molecule has 1 aliphatic rings. The first-order chi connectivity index (χ1) is 14.9. The minimum absolute atomic E-state index is 0.0839. The molecule has 6 nitrogen and oxygen atoms in total. The third kappa shape index (κ3) is 3.70. The van der Waals surface area contributed by atoms with E-state index in [-0.39, 0.29) is 11.3 Å². The maximum Gasteiger partial charge on any atom is 0.300 e. The molecule has 1 atom stereocenters. The number of methoxy groups -OCH3 is 1. The van der Waals surface area contributed by atoms with Gasteiger partial charge in [-0.3, -0.25) is 19.5 Å². The average molecular weight is 483 g/mol. The highest BCUT2D eigenvalue weighted by Crippen LogP contribution is 2.42. The first-order valence-electron chi connectivity index (χ1n) is 9.22. The average Bonchev–Trinajstić information content (AvgIpc) is 3.05. The minimum Gasteiger partial charge on any atom is -0.507 e. The Morgan fingerprint density at radius 1 is 1.16 bits per heavy atom. The molecule has 1 N–H and O–H groups in total. The van der Waals surface area contributed by atoms with Gasteiger partial charge in [-0.15, -0.1) is 0 Å². The van der Waals surface area contributed by atoms with Gasteiger partial charge in [0.15, 0.2) is 0 Å². The fraction of sp³-hybridized carbons (Fsp3) is 0.0870. The largest absolute Gasteiger partial charge is 0.507 e. The van der Waals surface area contributed by atoms with E-state index in [1.807, 2.05) is 0 Å². The maximum atomic E-state index is 13.4. The zero-order chi connectivity index (χ0) is 22.1. The number of ketones is 1. The summed E-state index contributed by atoms with van der Waals surface area (Å²) in [5.41, 5.74) is 1.10. The highest BCUT2D eigenvalue weighted by Gasteiger charge is 2.47. The summed E-state index contributed by atoms with van der Waals surface area (Å²) >= 11 is 3.36. The molecule has 31 heavy (non-hydrogen) atoms. The summed E-state index contributed by atoms with van der Waals surface area (Å²) in [4.78, 5) is 31.3. The number of hydrogen-bond donors (Lipinski definition) is 1. The smallest absolute Gasteiger partial charge is 0.300 e. The van der Waals surface area contributed by atoms with Crippen molar-refractivity contribution in [2.24, 2.45) is 0 Å². The number of rotatable bonds is 4. The van der Waals surface area contributed by atoms with Gasteiger partial charge >= 0.3 is 0 Å². The van der Waals surface area contributed by atoms with Crippen LogP contribution in [0.15, 0.2) is 77.0 Å². The molecule has 1 aromatic heterocycles. The third-order valence-corrected chi connectivity index (χ3v) is 5.59. The predicted octanol–water partition coefficient (Wildman–Crippen LogP) is 4.62. The van der Waals surface area contributed by atoms with Crippen molar-refractivity contribution in [1.82, 2.24) is 4.98 Å². The van der Waals surface area contributed by atoms with Crippen LogP contribution in [0.2, 0.25) is 0 Å². The molecular weight excluding hydrogens is 467 g/mol. The van der Waals surface area contributed by atoms with Crippen LogP contribution < -0.4 is 9.64 Å². The van der Waals surface area contributed by atoms with Crippen molar-refractivity contribution in [3.05, 3.63) is 94.0 Å². The number of aliphatic hydroxyl groups excluding tert-OH is 1. The van der Waals surface area contributed by atoms with E-state index in [2.05, 4.69) is 20.9 Å². The van der Waals surface area contributed by atoms with Crippen LogP contribution in [-0.4, -0.2) is 28.9 Å². The van der Waals surface area contributed by atoms with Gasteiger partial charge in [-0.1, -0.05) is 6.07 Å². The van der Waals surface area contributed by atoms with E-state index >= 15 is 0 Å². The number of hydrogen-bond acceptors (Lipinski definition) is 5. The number of halogens is 2. The van der Waals surface area contributed by atoms with Crippen molar-refractivity contribution in [2.45, 2.75) is 6.04 Å². The van der Waals surface area contributed by atoms with Crippen molar-refractivity contribution in [3.63, 3.8) is 0 Å². The number of amides is 1. The highest BCUT2D eigenvalue weighted by atomic mass is 79.9. The van der Waals surface area contributed by atoms with Gasteiger partial charge in [0.25, 0.3) is 11.7 Å². The summed E-state index contributed by atoms with van der Waals surface area (Å²) in [6, 6.07) is 12.5. The summed E-state index contributed by atoms with van der Waals surface area (Å²) in [6.45, 7) is 0. The van der Waals surface area contributed by atoms with E-state index in [0.717, 1.165) is 0 Å². The molecule has 2 heterocycles. The molecule has 2 aromatic carbocycles. The Hall–Kier alpha value is -3.52. The number of pyridine rings is 1. The van der Waals surface area contributed by atoms with E-state index in [0.29, 0.717) is 27.0 Å². The second-order valence-electron chi connectivity index (χ2n) is 6.78. The van der Waals surface area contributed by atoms with E-state index < -0.39 is 23.5 Å². The van der Waals surface area contributed by atoms with Gasteiger partial charge in [0, 0.05) is 23.6 Å². The Kier molecular flexibility index (Phi) is 5.56. The molecule has 0 radical (unpaired) electrons. The van der Waals surface area contributed by atoms with Crippen LogP contribution in [0.4, 0.5) is 10.1 Å². The van der Waals surface area contributed by atoms with Crippen LogP contribution in [0.5, 0.6) is 5.75 Å². The number of anilines is 1. The summed E-state index contributed by atoms with van der Waals surface area (Å²) < 4.78 is 19.2. The molecular formula is C23H16BrFN2O4. The quantitative estimate of drug-likeness (QED) is 0.333. The second-order valence-corrected chi connectivity index (χ2v) is 7.64. The van der Waals surface area contributed by atoms with Crippen LogP contribution in [0.25, 0.3) is 5.76 Å². The molecule has 0 saturated carbocycles. The number of aliphatic hydroxyl groups is 1.